The molecule has 1 amide bonds. The van der Waals surface area contributed by atoms with Crippen LogP contribution in [0.1, 0.15) is 22.7 Å². The number of nitrogens with one attached hydrogen (secondary N) is 1. The first-order chi connectivity index (χ1) is 10.9. The van der Waals surface area contributed by atoms with E-state index in [9.17, 15) is 18.4 Å². The van der Waals surface area contributed by atoms with Gasteiger partial charge in [-0.1, -0.05) is 18.2 Å². The van der Waals surface area contributed by atoms with Crippen molar-refractivity contribution in [1.82, 2.24) is 10.3 Å². The summed E-state index contributed by atoms with van der Waals surface area (Å²) in [6, 6.07) is 7.08. The van der Waals surface area contributed by atoms with E-state index in [0.717, 1.165) is 0 Å². The third-order valence-electron chi connectivity index (χ3n) is 3.05. The molecule has 122 valence electrons. The van der Waals surface area contributed by atoms with E-state index in [0.29, 0.717) is 5.56 Å². The first-order valence-corrected chi connectivity index (χ1v) is 6.73. The van der Waals surface area contributed by atoms with Gasteiger partial charge in [0.1, 0.15) is 11.8 Å². The number of alkyl halides is 2. The number of nitrogens with zero attached hydrogens (tertiary/aromatic N) is 1. The quantitative estimate of drug-likeness (QED) is 0.851. The second-order valence-corrected chi connectivity index (χ2v) is 4.78. The van der Waals surface area contributed by atoms with Crippen LogP contribution in [0.15, 0.2) is 34.7 Å². The van der Waals surface area contributed by atoms with E-state index >= 15 is 0 Å². The van der Waals surface area contributed by atoms with E-state index < -0.39 is 30.8 Å². The van der Waals surface area contributed by atoms with Crippen LogP contribution in [0.3, 0.4) is 0 Å². The van der Waals surface area contributed by atoms with Gasteiger partial charge in [0.25, 0.3) is 5.91 Å². The number of carbonyl (C=O) groups is 2. The maximum Gasteiger partial charge on any atom is 0.326 e. The monoisotopic (exact) mass is 324 g/mol. The topological polar surface area (TPSA) is 92.4 Å². The minimum absolute atomic E-state index is 0.135. The molecule has 0 saturated heterocycles. The molecule has 2 rings (SSSR count). The highest BCUT2D eigenvalue weighted by Crippen LogP contribution is 2.21. The van der Waals surface area contributed by atoms with Crippen LogP contribution in [0.5, 0.6) is 0 Å². The zero-order valence-corrected chi connectivity index (χ0v) is 12.1. The Morgan fingerprint density at radius 3 is 2.52 bits per heavy atom. The summed E-state index contributed by atoms with van der Waals surface area (Å²) >= 11 is 0. The lowest BCUT2D eigenvalue weighted by Gasteiger charge is -2.12. The zero-order valence-electron chi connectivity index (χ0n) is 12.1. The Labute approximate surface area is 130 Å². The van der Waals surface area contributed by atoms with Gasteiger partial charge < -0.3 is 14.8 Å². The fraction of sp³-hybridized carbons (Fsp3) is 0.267. The Hall–Kier alpha value is -2.77. The molecule has 0 saturated carbocycles. The summed E-state index contributed by atoms with van der Waals surface area (Å²) in [4.78, 5) is 27.0. The summed E-state index contributed by atoms with van der Waals surface area (Å²) in [5, 5.41) is 10.9. The molecule has 1 heterocycles. The van der Waals surface area contributed by atoms with Gasteiger partial charge >= 0.3 is 5.97 Å². The number of carboxylic acids is 1. The Kier molecular flexibility index (Phi) is 5.05. The third kappa shape index (κ3) is 4.12. The number of aliphatic carboxylic acids is 1. The molecule has 0 spiro atoms. The summed E-state index contributed by atoms with van der Waals surface area (Å²) in [7, 11) is 0. The minimum atomic E-state index is -2.85. The molecule has 0 fully saturated rings. The van der Waals surface area contributed by atoms with Gasteiger partial charge in [-0.3, -0.25) is 4.79 Å². The normalized spacial score (nSPS) is 12.2. The van der Waals surface area contributed by atoms with Crippen molar-refractivity contribution >= 4 is 11.9 Å². The molecule has 1 unspecified atom stereocenters. The molecule has 0 aliphatic heterocycles. The maximum absolute atomic E-state index is 12.4. The van der Waals surface area contributed by atoms with Crippen molar-refractivity contribution in [2.24, 2.45) is 0 Å². The lowest BCUT2D eigenvalue weighted by Crippen LogP contribution is -2.42. The zero-order chi connectivity index (χ0) is 17.0. The second-order valence-electron chi connectivity index (χ2n) is 4.78. The number of halogens is 2. The number of carboxylic acid groups (broad SMARTS) is 1. The fourth-order valence-corrected chi connectivity index (χ4v) is 1.94. The van der Waals surface area contributed by atoms with Gasteiger partial charge in [0, 0.05) is 12.0 Å². The molecular weight excluding hydrogens is 310 g/mol. The van der Waals surface area contributed by atoms with E-state index in [1.807, 2.05) is 5.32 Å². The van der Waals surface area contributed by atoms with E-state index in [4.69, 9.17) is 9.52 Å². The number of benzene rings is 1. The number of hydrogen-bond acceptors (Lipinski definition) is 4. The van der Waals surface area contributed by atoms with Crippen LogP contribution in [0, 0.1) is 6.92 Å². The number of aromatic nitrogens is 1. The van der Waals surface area contributed by atoms with E-state index in [1.54, 1.807) is 30.3 Å². The van der Waals surface area contributed by atoms with Gasteiger partial charge in [-0.2, -0.15) is 0 Å². The summed E-state index contributed by atoms with van der Waals surface area (Å²) in [5.74, 6) is -2.05. The van der Waals surface area contributed by atoms with Crippen LogP contribution >= 0.6 is 0 Å². The highest BCUT2D eigenvalue weighted by Gasteiger charge is 2.27. The standard InChI is InChI=1S/C15H14F2N2O4/c1-8-12(13(20)18-10(15(21)22)7-11(16)17)19-14(23-8)9-5-3-2-4-6-9/h2-6,10-11H,7H2,1H3,(H,18,20)(H,21,22). The Balaban J connectivity index is 2.19. The summed E-state index contributed by atoms with van der Waals surface area (Å²) in [6.07, 6.45) is -3.83. The van der Waals surface area contributed by atoms with Crippen molar-refractivity contribution in [2.45, 2.75) is 25.8 Å². The lowest BCUT2D eigenvalue weighted by molar-refractivity contribution is -0.140. The van der Waals surface area contributed by atoms with Crippen molar-refractivity contribution in [3.8, 4) is 11.5 Å². The molecule has 0 radical (unpaired) electrons. The lowest BCUT2D eigenvalue weighted by atomic mass is 10.2. The van der Waals surface area contributed by atoms with E-state index in [2.05, 4.69) is 4.98 Å². The molecule has 0 bridgehead atoms. The summed E-state index contributed by atoms with van der Waals surface area (Å²) in [5.41, 5.74) is 0.501. The molecule has 0 aliphatic carbocycles. The van der Waals surface area contributed by atoms with Crippen LogP contribution in [0.25, 0.3) is 11.5 Å². The van der Waals surface area contributed by atoms with Crippen molar-refractivity contribution in [3.63, 3.8) is 0 Å². The Bertz CT molecular complexity index is 701. The van der Waals surface area contributed by atoms with Crippen molar-refractivity contribution in [1.29, 1.82) is 0 Å². The van der Waals surface area contributed by atoms with Crippen LogP contribution in [-0.2, 0) is 4.79 Å². The van der Waals surface area contributed by atoms with Crippen LogP contribution < -0.4 is 5.32 Å². The largest absolute Gasteiger partial charge is 0.480 e. The molecule has 0 aliphatic rings. The van der Waals surface area contributed by atoms with Crippen molar-refractivity contribution in [2.75, 3.05) is 0 Å². The van der Waals surface area contributed by atoms with Crippen LogP contribution in [0.2, 0.25) is 0 Å². The number of carbonyl (C=O) groups excluding carboxylic acids is 1. The molecule has 8 heteroatoms. The predicted octanol–water partition coefficient (Wildman–Crippen LogP) is 2.49. The molecule has 1 aromatic carbocycles. The average molecular weight is 324 g/mol. The van der Waals surface area contributed by atoms with Gasteiger partial charge in [0.2, 0.25) is 12.3 Å². The molecule has 2 N–H and O–H groups in total. The van der Waals surface area contributed by atoms with Gasteiger partial charge in [-0.25, -0.2) is 18.6 Å². The smallest absolute Gasteiger partial charge is 0.326 e. The molecule has 6 nitrogen and oxygen atoms in total. The Morgan fingerprint density at radius 1 is 1.30 bits per heavy atom. The van der Waals surface area contributed by atoms with Crippen molar-refractivity contribution < 1.29 is 27.9 Å². The molecule has 2 aromatic rings. The minimum Gasteiger partial charge on any atom is -0.480 e. The SMILES string of the molecule is Cc1oc(-c2ccccc2)nc1C(=O)NC(CC(F)F)C(=O)O. The average Bonchev–Trinajstić information content (AvgIpc) is 2.89. The van der Waals surface area contributed by atoms with Crippen molar-refractivity contribution in [3.05, 3.63) is 41.8 Å². The van der Waals surface area contributed by atoms with Crippen LogP contribution in [0.4, 0.5) is 8.78 Å². The highest BCUT2D eigenvalue weighted by molar-refractivity contribution is 5.96. The molecule has 1 aromatic heterocycles. The second kappa shape index (κ2) is 6.99. The number of hydrogen-bond donors (Lipinski definition) is 2. The van der Waals surface area contributed by atoms with Gasteiger partial charge in [-0.15, -0.1) is 0 Å². The fourth-order valence-electron chi connectivity index (χ4n) is 1.94. The number of aryl methyl sites for hydroxylation is 1. The first kappa shape index (κ1) is 16.6. The molecular formula is C15H14F2N2O4. The molecule has 1 atom stereocenters. The number of oxazole rings is 1. The third-order valence-corrected chi connectivity index (χ3v) is 3.05. The van der Waals surface area contributed by atoms with E-state index in [1.165, 1.54) is 6.92 Å². The first-order valence-electron chi connectivity index (χ1n) is 6.73. The Morgan fingerprint density at radius 2 is 1.96 bits per heavy atom. The van der Waals surface area contributed by atoms with E-state index in [-0.39, 0.29) is 17.3 Å². The van der Waals surface area contributed by atoms with Crippen LogP contribution in [-0.4, -0.2) is 34.4 Å². The van der Waals surface area contributed by atoms with Gasteiger partial charge in [-0.05, 0) is 19.1 Å². The van der Waals surface area contributed by atoms with Gasteiger partial charge in [0.05, 0.1) is 0 Å². The highest BCUT2D eigenvalue weighted by atomic mass is 19.3. The number of amides is 1. The summed E-state index contributed by atoms with van der Waals surface area (Å²) < 4.78 is 30.1. The predicted molar refractivity (Wildman–Crippen MR) is 76.2 cm³/mol. The number of rotatable bonds is 6. The maximum atomic E-state index is 12.4. The van der Waals surface area contributed by atoms with Gasteiger partial charge in [0.15, 0.2) is 5.69 Å². The molecule has 23 heavy (non-hydrogen) atoms. The summed E-state index contributed by atoms with van der Waals surface area (Å²) in [6.45, 7) is 1.48.